The highest BCUT2D eigenvalue weighted by Crippen LogP contribution is 2.28. The quantitative estimate of drug-likeness (QED) is 0.399. The lowest BCUT2D eigenvalue weighted by Gasteiger charge is -2.03. The Hall–Kier alpha value is 0.470. The average molecular weight is 178 g/mol. The van der Waals surface area contributed by atoms with Crippen LogP contribution < -0.4 is 0 Å². The second-order valence-corrected chi connectivity index (χ2v) is 3.29. The zero-order valence-corrected chi connectivity index (χ0v) is 6.23. The first kappa shape index (κ1) is 8.47. The maximum atomic E-state index is 12.0. The summed E-state index contributed by atoms with van der Waals surface area (Å²) in [4.78, 5) is 3.01. The smallest absolute Gasteiger partial charge is 0.259 e. The van der Waals surface area contributed by atoms with Gasteiger partial charge in [-0.15, -0.1) is 0 Å². The highest BCUT2D eigenvalue weighted by molar-refractivity contribution is 6.76. The minimum Gasteiger partial charge on any atom is -0.261 e. The fourth-order valence-corrected chi connectivity index (χ4v) is 0.380. The Morgan fingerprint density at radius 2 is 1.88 bits per heavy atom. The highest BCUT2D eigenvalue weighted by atomic mass is 35.6. The van der Waals surface area contributed by atoms with Crippen molar-refractivity contribution in [2.24, 2.45) is 4.99 Å². The summed E-state index contributed by atoms with van der Waals surface area (Å²) in [6.45, 7) is 0. The van der Waals surface area contributed by atoms with Crippen molar-refractivity contribution in [3.63, 3.8) is 0 Å². The van der Waals surface area contributed by atoms with E-state index in [4.69, 9.17) is 34.8 Å². The molecule has 0 bridgehead atoms. The first-order valence-electron chi connectivity index (χ1n) is 1.68. The summed E-state index contributed by atoms with van der Waals surface area (Å²) in [5.74, 6) is -0.998. The van der Waals surface area contributed by atoms with Gasteiger partial charge in [0.2, 0.25) is 5.97 Å². The van der Waals surface area contributed by atoms with E-state index in [0.29, 0.717) is 0 Å². The topological polar surface area (TPSA) is 12.4 Å². The Balaban J connectivity index is 4.03. The highest BCUT2D eigenvalue weighted by Gasteiger charge is 2.27. The molecule has 0 radical (unpaired) electrons. The molecule has 0 saturated carbocycles. The van der Waals surface area contributed by atoms with Crippen molar-refractivity contribution in [2.75, 3.05) is 7.05 Å². The molecule has 0 saturated heterocycles. The van der Waals surface area contributed by atoms with Gasteiger partial charge in [0.25, 0.3) is 3.79 Å². The molecule has 0 rings (SSSR count). The Bertz CT molecular complexity index is 106. The van der Waals surface area contributed by atoms with E-state index in [2.05, 4.69) is 4.99 Å². The summed E-state index contributed by atoms with van der Waals surface area (Å²) in [7, 11) is 1.21. The van der Waals surface area contributed by atoms with Gasteiger partial charge in [0.05, 0.1) is 0 Å². The normalized spacial score (nSPS) is 14.4. The monoisotopic (exact) mass is 177 g/mol. The van der Waals surface area contributed by atoms with Crippen LogP contribution in [-0.4, -0.2) is 16.8 Å². The fraction of sp³-hybridized carbons (Fsp3) is 0.667. The maximum Gasteiger partial charge on any atom is 0.259 e. The van der Waals surface area contributed by atoms with Crippen LogP contribution in [0.1, 0.15) is 0 Å². The first-order chi connectivity index (χ1) is 3.48. The second kappa shape index (κ2) is 2.85. The number of rotatable bonds is 0. The van der Waals surface area contributed by atoms with Crippen LogP contribution in [0.25, 0.3) is 0 Å². The molecule has 0 aromatic heterocycles. The van der Waals surface area contributed by atoms with Crippen LogP contribution in [0.5, 0.6) is 0 Å². The van der Waals surface area contributed by atoms with Gasteiger partial charge in [-0.25, -0.2) is 0 Å². The second-order valence-electron chi connectivity index (χ2n) is 1.01. The maximum absolute atomic E-state index is 12.0. The molecule has 0 N–H and O–H groups in total. The third kappa shape index (κ3) is 2.70. The predicted octanol–water partition coefficient (Wildman–Crippen LogP) is 2.35. The summed E-state index contributed by atoms with van der Waals surface area (Å²) in [5, 5.41) is 0. The Morgan fingerprint density at radius 3 is 1.88 bits per heavy atom. The minimum absolute atomic E-state index is 0.998. The summed E-state index contributed by atoms with van der Waals surface area (Å²) >= 11 is 15.0. The van der Waals surface area contributed by atoms with Crippen LogP contribution >= 0.6 is 34.8 Å². The van der Waals surface area contributed by atoms with Crippen LogP contribution in [0, 0.1) is 0 Å². The molecule has 0 aliphatic carbocycles. The van der Waals surface area contributed by atoms with Gasteiger partial charge in [0, 0.05) is 7.05 Å². The molecule has 0 aromatic rings. The van der Waals surface area contributed by atoms with E-state index in [1.807, 2.05) is 0 Å². The standard InChI is InChI=1S/C3H3Cl3FN/c1-8-2(7)3(4,5)6/h1H3. The van der Waals surface area contributed by atoms with E-state index in [9.17, 15) is 4.39 Å². The van der Waals surface area contributed by atoms with Gasteiger partial charge in [-0.3, -0.25) is 4.99 Å². The molecule has 0 aromatic carbocycles. The Labute approximate surface area is 61.4 Å². The minimum atomic E-state index is -1.99. The van der Waals surface area contributed by atoms with Gasteiger partial charge in [-0.1, -0.05) is 34.8 Å². The van der Waals surface area contributed by atoms with Gasteiger partial charge >= 0.3 is 0 Å². The van der Waals surface area contributed by atoms with E-state index >= 15 is 0 Å². The van der Waals surface area contributed by atoms with Gasteiger partial charge in [-0.2, -0.15) is 4.39 Å². The largest absolute Gasteiger partial charge is 0.261 e. The lowest BCUT2D eigenvalue weighted by Crippen LogP contribution is -2.12. The lowest BCUT2D eigenvalue weighted by molar-refractivity contribution is 0.781. The molecule has 0 aliphatic heterocycles. The Kier molecular flexibility index (Phi) is 3.02. The number of alkyl halides is 3. The van der Waals surface area contributed by atoms with Crippen LogP contribution in [-0.2, 0) is 0 Å². The van der Waals surface area contributed by atoms with Crippen molar-refractivity contribution >= 4 is 40.8 Å². The predicted molar refractivity (Wildman–Crippen MR) is 34.8 cm³/mol. The molecule has 1 nitrogen and oxygen atoms in total. The van der Waals surface area contributed by atoms with E-state index in [0.717, 1.165) is 0 Å². The zero-order chi connectivity index (χ0) is 6.78. The molecule has 48 valence electrons. The molecule has 0 spiro atoms. The Morgan fingerprint density at radius 1 is 1.50 bits per heavy atom. The fourth-order valence-electron chi connectivity index (χ4n) is 0.127. The molecule has 0 heterocycles. The lowest BCUT2D eigenvalue weighted by atomic mass is 10.8. The summed E-state index contributed by atoms with van der Waals surface area (Å²) < 4.78 is 10.0. The number of aliphatic imine (C=N–C) groups is 1. The van der Waals surface area contributed by atoms with Crippen molar-refractivity contribution in [2.45, 2.75) is 3.79 Å². The van der Waals surface area contributed by atoms with Crippen molar-refractivity contribution < 1.29 is 4.39 Å². The molecule has 0 fully saturated rings. The van der Waals surface area contributed by atoms with Crippen LogP contribution in [0.4, 0.5) is 4.39 Å². The van der Waals surface area contributed by atoms with E-state index in [1.54, 1.807) is 0 Å². The number of hydrogen-bond donors (Lipinski definition) is 0. The summed E-state index contributed by atoms with van der Waals surface area (Å²) in [6, 6.07) is 0. The van der Waals surface area contributed by atoms with Crippen LogP contribution in [0.3, 0.4) is 0 Å². The first-order valence-corrected chi connectivity index (χ1v) is 2.81. The zero-order valence-electron chi connectivity index (χ0n) is 3.96. The molecule has 0 unspecified atom stereocenters. The number of halogens is 4. The van der Waals surface area contributed by atoms with Crippen LogP contribution in [0.15, 0.2) is 4.99 Å². The third-order valence-electron chi connectivity index (χ3n) is 0.430. The summed E-state index contributed by atoms with van der Waals surface area (Å²) in [5.41, 5.74) is 0. The number of nitrogens with zero attached hydrogens (tertiary/aromatic N) is 1. The summed E-state index contributed by atoms with van der Waals surface area (Å²) in [6.07, 6.45) is 0. The van der Waals surface area contributed by atoms with Gasteiger partial charge in [0.1, 0.15) is 0 Å². The van der Waals surface area contributed by atoms with Crippen molar-refractivity contribution in [1.82, 2.24) is 0 Å². The molecular weight excluding hydrogens is 175 g/mol. The molecule has 0 atom stereocenters. The molecule has 0 amide bonds. The number of hydrogen-bond acceptors (Lipinski definition) is 1. The van der Waals surface area contributed by atoms with Crippen molar-refractivity contribution in [3.8, 4) is 0 Å². The van der Waals surface area contributed by atoms with E-state index < -0.39 is 9.76 Å². The van der Waals surface area contributed by atoms with Gasteiger partial charge in [0.15, 0.2) is 0 Å². The van der Waals surface area contributed by atoms with Gasteiger partial charge in [-0.05, 0) is 0 Å². The van der Waals surface area contributed by atoms with E-state index in [1.165, 1.54) is 7.05 Å². The SMILES string of the molecule is CN=C(F)C(Cl)(Cl)Cl. The average Bonchev–Trinajstić information content (AvgIpc) is 1.62. The van der Waals surface area contributed by atoms with Gasteiger partial charge < -0.3 is 0 Å². The molecule has 0 aliphatic rings. The molecule has 8 heavy (non-hydrogen) atoms. The van der Waals surface area contributed by atoms with E-state index in [-0.39, 0.29) is 0 Å². The third-order valence-corrected chi connectivity index (χ3v) is 0.898. The molecular formula is C3H3Cl3FN. The van der Waals surface area contributed by atoms with Crippen molar-refractivity contribution in [1.29, 1.82) is 0 Å². The molecule has 5 heteroatoms. The van der Waals surface area contributed by atoms with Crippen LogP contribution in [0.2, 0.25) is 0 Å². The van der Waals surface area contributed by atoms with Crippen molar-refractivity contribution in [3.05, 3.63) is 0 Å².